The van der Waals surface area contributed by atoms with Gasteiger partial charge in [0.05, 0.1) is 12.3 Å². The van der Waals surface area contributed by atoms with Gasteiger partial charge in [-0.1, -0.05) is 17.7 Å². The molecule has 0 unspecified atom stereocenters. The maximum absolute atomic E-state index is 13.2. The van der Waals surface area contributed by atoms with Crippen molar-refractivity contribution < 1.29 is 14.3 Å². The van der Waals surface area contributed by atoms with Gasteiger partial charge in [0, 0.05) is 37.3 Å². The van der Waals surface area contributed by atoms with Crippen LogP contribution in [0.2, 0.25) is 0 Å². The number of aryl methyl sites for hydroxylation is 2. The number of carbonyl (C=O) groups is 2. The number of amides is 2. The van der Waals surface area contributed by atoms with Crippen LogP contribution in [0.15, 0.2) is 48.5 Å². The van der Waals surface area contributed by atoms with Gasteiger partial charge in [0.25, 0.3) is 11.8 Å². The van der Waals surface area contributed by atoms with Crippen molar-refractivity contribution in [2.24, 2.45) is 0 Å². The highest BCUT2D eigenvalue weighted by atomic mass is 32.1. The second-order valence-electron chi connectivity index (χ2n) is 7.84. The molecule has 0 N–H and O–H groups in total. The number of thiazole rings is 1. The lowest BCUT2D eigenvalue weighted by Gasteiger charge is -2.34. The normalized spacial score (nSPS) is 13.8. The van der Waals surface area contributed by atoms with E-state index < -0.39 is 0 Å². The van der Waals surface area contributed by atoms with Crippen LogP contribution < -0.4 is 4.74 Å². The molecule has 2 amide bonds. The van der Waals surface area contributed by atoms with Crippen LogP contribution in [0.5, 0.6) is 5.75 Å². The van der Waals surface area contributed by atoms with Gasteiger partial charge in [-0.25, -0.2) is 4.98 Å². The zero-order valence-electron chi connectivity index (χ0n) is 18.6. The number of piperazine rings is 1. The molecule has 0 saturated carbocycles. The molecule has 32 heavy (non-hydrogen) atoms. The Bertz CT molecular complexity index is 1100. The number of carbonyl (C=O) groups excluding carboxylic acids is 2. The fourth-order valence-corrected chi connectivity index (χ4v) is 4.75. The number of hydrogen-bond donors (Lipinski definition) is 0. The highest BCUT2D eigenvalue weighted by molar-refractivity contribution is 7.17. The molecule has 0 bridgehead atoms. The van der Waals surface area contributed by atoms with Crippen LogP contribution in [-0.2, 0) is 0 Å². The molecule has 2 heterocycles. The molecular formula is C25H27N3O3S. The molecule has 4 rings (SSSR count). The van der Waals surface area contributed by atoms with Crippen molar-refractivity contribution >= 4 is 23.2 Å². The molecule has 1 saturated heterocycles. The molecule has 3 aromatic rings. The molecule has 2 aromatic carbocycles. The highest BCUT2D eigenvalue weighted by Gasteiger charge is 2.28. The summed E-state index contributed by atoms with van der Waals surface area (Å²) in [6.07, 6.45) is 0. The summed E-state index contributed by atoms with van der Waals surface area (Å²) in [5, 5.41) is 0.821. The predicted octanol–water partition coefficient (Wildman–Crippen LogP) is 4.42. The molecule has 0 atom stereocenters. The van der Waals surface area contributed by atoms with Crippen molar-refractivity contribution in [1.82, 2.24) is 14.8 Å². The van der Waals surface area contributed by atoms with Gasteiger partial charge >= 0.3 is 0 Å². The van der Waals surface area contributed by atoms with Gasteiger partial charge in [-0.3, -0.25) is 9.59 Å². The molecule has 0 aliphatic carbocycles. The van der Waals surface area contributed by atoms with E-state index in [4.69, 9.17) is 4.74 Å². The first-order valence-electron chi connectivity index (χ1n) is 10.8. The third-order valence-electron chi connectivity index (χ3n) is 5.56. The van der Waals surface area contributed by atoms with Gasteiger partial charge in [-0.05, 0) is 57.2 Å². The van der Waals surface area contributed by atoms with Gasteiger partial charge in [-0.2, -0.15) is 0 Å². The first kappa shape index (κ1) is 22.0. The lowest BCUT2D eigenvalue weighted by atomic mass is 10.1. The quantitative estimate of drug-likeness (QED) is 0.578. The van der Waals surface area contributed by atoms with E-state index in [1.807, 2.05) is 79.1 Å². The van der Waals surface area contributed by atoms with E-state index in [1.165, 1.54) is 11.3 Å². The molecular weight excluding hydrogens is 422 g/mol. The molecule has 7 heteroatoms. The number of aromatic nitrogens is 1. The Hall–Kier alpha value is -3.19. The minimum Gasteiger partial charge on any atom is -0.494 e. The lowest BCUT2D eigenvalue weighted by Crippen LogP contribution is -2.50. The molecule has 0 radical (unpaired) electrons. The summed E-state index contributed by atoms with van der Waals surface area (Å²) in [7, 11) is 0. The summed E-state index contributed by atoms with van der Waals surface area (Å²) >= 11 is 1.42. The van der Waals surface area contributed by atoms with Gasteiger partial charge < -0.3 is 14.5 Å². The lowest BCUT2D eigenvalue weighted by molar-refractivity contribution is 0.0537. The smallest absolute Gasteiger partial charge is 0.265 e. The zero-order valence-corrected chi connectivity index (χ0v) is 19.4. The van der Waals surface area contributed by atoms with Crippen molar-refractivity contribution in [3.8, 4) is 16.3 Å². The van der Waals surface area contributed by atoms with Gasteiger partial charge in [0.2, 0.25) is 0 Å². The van der Waals surface area contributed by atoms with E-state index in [1.54, 1.807) is 0 Å². The third-order valence-corrected chi connectivity index (χ3v) is 6.75. The van der Waals surface area contributed by atoms with E-state index in [0.29, 0.717) is 43.2 Å². The first-order valence-corrected chi connectivity index (χ1v) is 11.6. The highest BCUT2D eigenvalue weighted by Crippen LogP contribution is 2.30. The standard InChI is InChI=1S/C25H27N3O3S/c1-4-31-21-11-9-19(10-12-21)23-26-18(3)22(32-23)25(30)28-15-13-27(14-16-28)24(29)20-7-5-17(2)6-8-20/h5-12H,4,13-16H2,1-3H3. The summed E-state index contributed by atoms with van der Waals surface area (Å²) in [4.78, 5) is 34.8. The Morgan fingerprint density at radius 2 is 1.50 bits per heavy atom. The summed E-state index contributed by atoms with van der Waals surface area (Å²) in [6.45, 7) is 8.55. The number of hydrogen-bond acceptors (Lipinski definition) is 5. The number of benzene rings is 2. The average Bonchev–Trinajstić information content (AvgIpc) is 3.21. The topological polar surface area (TPSA) is 62.7 Å². The third kappa shape index (κ3) is 4.67. The summed E-state index contributed by atoms with van der Waals surface area (Å²) < 4.78 is 5.50. The minimum absolute atomic E-state index is 0.0142. The van der Waals surface area contributed by atoms with Crippen LogP contribution in [0.25, 0.3) is 10.6 Å². The van der Waals surface area contributed by atoms with Crippen molar-refractivity contribution in [3.63, 3.8) is 0 Å². The van der Waals surface area contributed by atoms with Gasteiger partial charge in [-0.15, -0.1) is 11.3 Å². The first-order chi connectivity index (χ1) is 15.5. The van der Waals surface area contributed by atoms with E-state index >= 15 is 0 Å². The molecule has 1 aliphatic rings. The largest absolute Gasteiger partial charge is 0.494 e. The van der Waals surface area contributed by atoms with Crippen molar-refractivity contribution in [1.29, 1.82) is 0 Å². The fraction of sp³-hybridized carbons (Fsp3) is 0.320. The molecule has 166 valence electrons. The van der Waals surface area contributed by atoms with E-state index in [-0.39, 0.29) is 11.8 Å². The van der Waals surface area contributed by atoms with E-state index in [9.17, 15) is 9.59 Å². The van der Waals surface area contributed by atoms with Crippen LogP contribution >= 0.6 is 11.3 Å². The Labute approximate surface area is 192 Å². The van der Waals surface area contributed by atoms with Crippen LogP contribution in [-0.4, -0.2) is 59.4 Å². The van der Waals surface area contributed by atoms with Gasteiger partial charge in [0.15, 0.2) is 0 Å². The Morgan fingerprint density at radius 3 is 2.09 bits per heavy atom. The predicted molar refractivity (Wildman–Crippen MR) is 126 cm³/mol. The fourth-order valence-electron chi connectivity index (χ4n) is 3.71. The molecule has 1 fully saturated rings. The number of rotatable bonds is 5. The second-order valence-corrected chi connectivity index (χ2v) is 8.84. The monoisotopic (exact) mass is 449 g/mol. The van der Waals surface area contributed by atoms with Gasteiger partial charge in [0.1, 0.15) is 15.6 Å². The Balaban J connectivity index is 1.41. The van der Waals surface area contributed by atoms with Crippen molar-refractivity contribution in [2.75, 3.05) is 32.8 Å². The zero-order chi connectivity index (χ0) is 22.7. The van der Waals surface area contributed by atoms with E-state index in [0.717, 1.165) is 27.6 Å². The second kappa shape index (κ2) is 9.53. The van der Waals surface area contributed by atoms with Crippen LogP contribution in [0, 0.1) is 13.8 Å². The van der Waals surface area contributed by atoms with Crippen LogP contribution in [0.3, 0.4) is 0 Å². The summed E-state index contributed by atoms with van der Waals surface area (Å²) in [6, 6.07) is 15.4. The van der Waals surface area contributed by atoms with Crippen LogP contribution in [0.4, 0.5) is 0 Å². The summed E-state index contributed by atoms with van der Waals surface area (Å²) in [5.41, 5.74) is 3.52. The average molecular weight is 450 g/mol. The molecule has 0 spiro atoms. The van der Waals surface area contributed by atoms with Crippen LogP contribution in [0.1, 0.15) is 38.2 Å². The molecule has 1 aliphatic heterocycles. The van der Waals surface area contributed by atoms with Crippen molar-refractivity contribution in [2.45, 2.75) is 20.8 Å². The van der Waals surface area contributed by atoms with Crippen molar-refractivity contribution in [3.05, 3.63) is 70.2 Å². The maximum Gasteiger partial charge on any atom is 0.265 e. The summed E-state index contributed by atoms with van der Waals surface area (Å²) in [5.74, 6) is 0.822. The number of ether oxygens (including phenoxy) is 1. The Morgan fingerprint density at radius 1 is 0.906 bits per heavy atom. The number of nitrogens with zero attached hydrogens (tertiary/aromatic N) is 3. The SMILES string of the molecule is CCOc1ccc(-c2nc(C)c(C(=O)N3CCN(C(=O)c4ccc(C)cc4)CC3)s2)cc1. The maximum atomic E-state index is 13.2. The minimum atomic E-state index is -0.0142. The molecule has 6 nitrogen and oxygen atoms in total. The van der Waals surface area contributed by atoms with E-state index in [2.05, 4.69) is 4.98 Å². The molecule has 1 aromatic heterocycles. The Kier molecular flexibility index (Phi) is 6.55.